The molecule has 202 valence electrons. The summed E-state index contributed by atoms with van der Waals surface area (Å²) in [5.41, 5.74) is 4.99. The summed E-state index contributed by atoms with van der Waals surface area (Å²) in [7, 11) is 0. The number of hydrogen-bond donors (Lipinski definition) is 2. The molecule has 4 aromatic carbocycles. The number of aliphatic hydroxyl groups excluding tert-OH is 2. The van der Waals surface area contributed by atoms with Gasteiger partial charge in [-0.3, -0.25) is 0 Å². The summed E-state index contributed by atoms with van der Waals surface area (Å²) in [6.07, 6.45) is 9.70. The third kappa shape index (κ3) is 4.23. The maximum absolute atomic E-state index is 10.5. The van der Waals surface area contributed by atoms with Crippen molar-refractivity contribution in [2.24, 2.45) is 0 Å². The molecular formula is C36H36N2O2. The van der Waals surface area contributed by atoms with Gasteiger partial charge in [-0.15, -0.1) is 0 Å². The Bertz CT molecular complexity index is 1720. The molecule has 1 unspecified atom stereocenters. The topological polar surface area (TPSA) is 50.3 Å². The van der Waals surface area contributed by atoms with Gasteiger partial charge in [-0.25, -0.2) is 0 Å². The van der Waals surface area contributed by atoms with Crippen molar-refractivity contribution in [1.82, 2.24) is 9.13 Å². The number of nitrogens with zero attached hydrogens (tertiary/aromatic N) is 2. The Balaban J connectivity index is 0.000000133. The van der Waals surface area contributed by atoms with Crippen molar-refractivity contribution in [2.45, 2.75) is 62.8 Å². The van der Waals surface area contributed by atoms with Crippen molar-refractivity contribution in [1.29, 1.82) is 0 Å². The third-order valence-corrected chi connectivity index (χ3v) is 8.92. The van der Waals surface area contributed by atoms with Gasteiger partial charge in [-0.1, -0.05) is 84.9 Å². The Morgan fingerprint density at radius 2 is 1.00 bits per heavy atom. The molecule has 0 saturated heterocycles. The van der Waals surface area contributed by atoms with Crippen LogP contribution >= 0.6 is 0 Å². The number of rotatable bonds is 2. The molecular weight excluding hydrogens is 492 g/mol. The molecule has 6 aromatic rings. The van der Waals surface area contributed by atoms with Crippen LogP contribution in [0.25, 0.3) is 43.6 Å². The summed E-state index contributed by atoms with van der Waals surface area (Å²) in [4.78, 5) is 0. The average molecular weight is 529 g/mol. The lowest BCUT2D eigenvalue weighted by Crippen LogP contribution is -2.38. The first kappa shape index (κ1) is 25.1. The minimum Gasteiger partial charge on any atom is -0.390 e. The van der Waals surface area contributed by atoms with Crippen molar-refractivity contribution >= 4 is 43.6 Å². The molecule has 2 heterocycles. The first-order valence-electron chi connectivity index (χ1n) is 14.7. The highest BCUT2D eigenvalue weighted by Crippen LogP contribution is 2.38. The molecule has 2 aliphatic rings. The van der Waals surface area contributed by atoms with E-state index in [0.29, 0.717) is 12.5 Å². The number of aromatic nitrogens is 2. The highest BCUT2D eigenvalue weighted by atomic mass is 16.3. The zero-order valence-corrected chi connectivity index (χ0v) is 22.7. The molecule has 4 atom stereocenters. The zero-order valence-electron chi connectivity index (χ0n) is 22.7. The van der Waals surface area contributed by atoms with Crippen LogP contribution in [0.15, 0.2) is 109 Å². The van der Waals surface area contributed by atoms with Crippen LogP contribution in [0, 0.1) is 0 Å². The summed E-state index contributed by atoms with van der Waals surface area (Å²) < 4.78 is 4.73. The smallest absolute Gasteiger partial charge is 0.101 e. The third-order valence-electron chi connectivity index (χ3n) is 8.92. The fourth-order valence-corrected chi connectivity index (χ4v) is 7.05. The SMILES string of the molecule is C1=CC(n2c3ccccc3c3ccccc32)CCC1.O[C@@H]1[C@H](O)CCC[C@H]1n1c2ccccc2c2ccccc21. The molecule has 2 aromatic heterocycles. The van der Waals surface area contributed by atoms with E-state index < -0.39 is 12.2 Å². The van der Waals surface area contributed by atoms with E-state index in [-0.39, 0.29) is 6.04 Å². The minimum absolute atomic E-state index is 0.0569. The lowest BCUT2D eigenvalue weighted by atomic mass is 9.89. The van der Waals surface area contributed by atoms with Gasteiger partial charge in [0.05, 0.1) is 18.2 Å². The molecule has 4 heteroatoms. The summed E-state index contributed by atoms with van der Waals surface area (Å²) in [6.45, 7) is 0. The van der Waals surface area contributed by atoms with Crippen molar-refractivity contribution in [3.8, 4) is 0 Å². The van der Waals surface area contributed by atoms with Gasteiger partial charge in [0.1, 0.15) is 6.10 Å². The number of aliphatic hydroxyl groups is 2. The van der Waals surface area contributed by atoms with E-state index in [0.717, 1.165) is 23.9 Å². The maximum Gasteiger partial charge on any atom is 0.101 e. The van der Waals surface area contributed by atoms with Crippen molar-refractivity contribution in [3.05, 3.63) is 109 Å². The monoisotopic (exact) mass is 528 g/mol. The van der Waals surface area contributed by atoms with E-state index >= 15 is 0 Å². The van der Waals surface area contributed by atoms with Gasteiger partial charge in [-0.2, -0.15) is 0 Å². The maximum atomic E-state index is 10.5. The van der Waals surface area contributed by atoms with Gasteiger partial charge in [0.2, 0.25) is 0 Å². The molecule has 1 fully saturated rings. The molecule has 0 amide bonds. The molecule has 40 heavy (non-hydrogen) atoms. The van der Waals surface area contributed by atoms with E-state index in [9.17, 15) is 10.2 Å². The molecule has 0 aliphatic heterocycles. The van der Waals surface area contributed by atoms with Crippen LogP contribution in [0.1, 0.15) is 50.6 Å². The van der Waals surface area contributed by atoms with Crippen LogP contribution in [-0.2, 0) is 0 Å². The van der Waals surface area contributed by atoms with E-state index in [1.165, 1.54) is 51.8 Å². The second-order valence-electron chi connectivity index (χ2n) is 11.3. The molecule has 0 radical (unpaired) electrons. The molecule has 1 saturated carbocycles. The molecule has 2 N–H and O–H groups in total. The van der Waals surface area contributed by atoms with E-state index in [1.54, 1.807) is 0 Å². The van der Waals surface area contributed by atoms with Crippen LogP contribution in [0.5, 0.6) is 0 Å². The Morgan fingerprint density at radius 1 is 0.525 bits per heavy atom. The second-order valence-corrected chi connectivity index (χ2v) is 11.3. The Kier molecular flexibility index (Phi) is 6.66. The number of fused-ring (bicyclic) bond motifs is 6. The number of allylic oxidation sites excluding steroid dienone is 2. The summed E-state index contributed by atoms with van der Waals surface area (Å²) in [5.74, 6) is 0. The predicted molar refractivity (Wildman–Crippen MR) is 166 cm³/mol. The van der Waals surface area contributed by atoms with Crippen LogP contribution in [-0.4, -0.2) is 31.6 Å². The summed E-state index contributed by atoms with van der Waals surface area (Å²) >= 11 is 0. The zero-order chi connectivity index (χ0) is 27.1. The molecule has 8 rings (SSSR count). The first-order valence-corrected chi connectivity index (χ1v) is 14.7. The minimum atomic E-state index is -0.696. The number of para-hydroxylation sites is 4. The van der Waals surface area contributed by atoms with Crippen molar-refractivity contribution in [2.75, 3.05) is 0 Å². The number of benzene rings is 4. The molecule has 2 aliphatic carbocycles. The first-order chi connectivity index (χ1) is 19.7. The van der Waals surface area contributed by atoms with Crippen LogP contribution in [0.2, 0.25) is 0 Å². The second kappa shape index (κ2) is 10.6. The van der Waals surface area contributed by atoms with E-state index in [1.807, 2.05) is 24.3 Å². The number of hydrogen-bond acceptors (Lipinski definition) is 2. The lowest BCUT2D eigenvalue weighted by Gasteiger charge is -2.33. The van der Waals surface area contributed by atoms with Crippen LogP contribution < -0.4 is 0 Å². The van der Waals surface area contributed by atoms with Gasteiger partial charge in [-0.05, 0) is 62.8 Å². The highest BCUT2D eigenvalue weighted by molar-refractivity contribution is 6.09. The average Bonchev–Trinajstić information content (AvgIpc) is 3.53. The fraction of sp³-hybridized carbons (Fsp3) is 0.278. The predicted octanol–water partition coefficient (Wildman–Crippen LogP) is 8.32. The van der Waals surface area contributed by atoms with Gasteiger partial charge in [0, 0.05) is 43.6 Å². The standard InChI is InChI=1S/C18H19NO2.C18H17N/c20-17-11-5-10-16(18(17)21)19-14-8-3-1-6-12(14)13-7-2-4-9-15(13)19;1-2-8-14(9-3-1)19-17-12-6-4-10-15(17)16-11-5-7-13-18(16)19/h1-4,6-9,16-18,20-21H,5,10-11H2;2,4-8,10-14H,1,3,9H2/t16-,17-,18+;/m1./s1. The van der Waals surface area contributed by atoms with Gasteiger partial charge >= 0.3 is 0 Å². The molecule has 4 nitrogen and oxygen atoms in total. The Hall–Kier alpha value is -3.86. The van der Waals surface area contributed by atoms with E-state index in [2.05, 4.69) is 94.1 Å². The van der Waals surface area contributed by atoms with Crippen molar-refractivity contribution in [3.63, 3.8) is 0 Å². The quantitative estimate of drug-likeness (QED) is 0.222. The normalized spacial score (nSPS) is 23.1. The largest absolute Gasteiger partial charge is 0.390 e. The van der Waals surface area contributed by atoms with Gasteiger partial charge in [0.15, 0.2) is 0 Å². The molecule has 0 bridgehead atoms. The van der Waals surface area contributed by atoms with Gasteiger partial charge in [0.25, 0.3) is 0 Å². The lowest BCUT2D eigenvalue weighted by molar-refractivity contribution is -0.0375. The van der Waals surface area contributed by atoms with Crippen LogP contribution in [0.4, 0.5) is 0 Å². The van der Waals surface area contributed by atoms with Gasteiger partial charge < -0.3 is 19.3 Å². The molecule has 0 spiro atoms. The van der Waals surface area contributed by atoms with E-state index in [4.69, 9.17) is 0 Å². The Labute approximate surface area is 234 Å². The Morgan fingerprint density at radius 3 is 1.48 bits per heavy atom. The summed E-state index contributed by atoms with van der Waals surface area (Å²) in [5, 5.41) is 25.6. The van der Waals surface area contributed by atoms with Crippen LogP contribution in [0.3, 0.4) is 0 Å². The fourth-order valence-electron chi connectivity index (χ4n) is 7.05. The summed E-state index contributed by atoms with van der Waals surface area (Å²) in [6, 6.07) is 34.6. The highest BCUT2D eigenvalue weighted by Gasteiger charge is 2.33. The van der Waals surface area contributed by atoms with Crippen molar-refractivity contribution < 1.29 is 10.2 Å².